The summed E-state index contributed by atoms with van der Waals surface area (Å²) in [5.74, 6) is 5.27. The molecule has 20 heavy (non-hydrogen) atoms. The van der Waals surface area contributed by atoms with Gasteiger partial charge in [0, 0.05) is 5.56 Å². The van der Waals surface area contributed by atoms with Gasteiger partial charge < -0.3 is 0 Å². The van der Waals surface area contributed by atoms with Crippen LogP contribution in [0.2, 0.25) is 0 Å². The Morgan fingerprint density at radius 3 is 2.30 bits per heavy atom. The van der Waals surface area contributed by atoms with Crippen molar-refractivity contribution < 1.29 is 4.39 Å². The average molecular weight is 263 g/mol. The molecule has 0 aromatic heterocycles. The van der Waals surface area contributed by atoms with Crippen LogP contribution in [0.5, 0.6) is 0 Å². The largest absolute Gasteiger partial charge is 0.206 e. The van der Waals surface area contributed by atoms with Crippen molar-refractivity contribution in [3.05, 3.63) is 70.5 Å². The maximum absolute atomic E-state index is 13.7. The van der Waals surface area contributed by atoms with Crippen molar-refractivity contribution in [1.82, 2.24) is 0 Å². The van der Waals surface area contributed by atoms with E-state index in [2.05, 4.69) is 18.8 Å². The highest BCUT2D eigenvalue weighted by atomic mass is 19.1. The molecule has 1 nitrogen and oxygen atoms in total. The minimum Gasteiger partial charge on any atom is -0.206 e. The number of hydrogen-bond acceptors (Lipinski definition) is 1. The molecule has 0 spiro atoms. The SMILES string of the molecule is CCCc1ccc(C#Cc2ccc(C#N)cc2F)cc1. The van der Waals surface area contributed by atoms with E-state index >= 15 is 0 Å². The molecule has 0 heterocycles. The molecule has 2 rings (SSSR count). The predicted octanol–water partition coefficient (Wildman–Crippen LogP) is 4.05. The van der Waals surface area contributed by atoms with E-state index in [1.807, 2.05) is 30.3 Å². The third-order valence-corrected chi connectivity index (χ3v) is 2.93. The van der Waals surface area contributed by atoms with E-state index in [4.69, 9.17) is 5.26 Å². The van der Waals surface area contributed by atoms with Crippen LogP contribution in [0.1, 0.15) is 35.6 Å². The molecule has 0 bridgehead atoms. The van der Waals surface area contributed by atoms with E-state index < -0.39 is 5.82 Å². The first kappa shape index (κ1) is 13.8. The lowest BCUT2D eigenvalue weighted by atomic mass is 10.1. The van der Waals surface area contributed by atoms with Crippen molar-refractivity contribution in [1.29, 1.82) is 5.26 Å². The molecule has 0 amide bonds. The van der Waals surface area contributed by atoms with E-state index in [0.717, 1.165) is 18.4 Å². The lowest BCUT2D eigenvalue weighted by Crippen LogP contribution is -1.86. The third-order valence-electron chi connectivity index (χ3n) is 2.93. The maximum Gasteiger partial charge on any atom is 0.140 e. The highest BCUT2D eigenvalue weighted by Crippen LogP contribution is 2.10. The van der Waals surface area contributed by atoms with Gasteiger partial charge in [-0.25, -0.2) is 4.39 Å². The molecular weight excluding hydrogens is 249 g/mol. The minimum absolute atomic E-state index is 0.303. The van der Waals surface area contributed by atoms with Crippen LogP contribution in [-0.2, 0) is 6.42 Å². The Balaban J connectivity index is 2.20. The van der Waals surface area contributed by atoms with Gasteiger partial charge in [-0.3, -0.25) is 0 Å². The van der Waals surface area contributed by atoms with Gasteiger partial charge in [-0.2, -0.15) is 5.26 Å². The van der Waals surface area contributed by atoms with Crippen LogP contribution in [0.4, 0.5) is 4.39 Å². The molecular formula is C18H14FN. The number of aryl methyl sites for hydroxylation is 1. The summed E-state index contributed by atoms with van der Waals surface area (Å²) in [5.41, 5.74) is 2.75. The first-order valence-corrected chi connectivity index (χ1v) is 6.53. The molecule has 0 saturated heterocycles. The summed E-state index contributed by atoms with van der Waals surface area (Å²) in [6, 6.07) is 14.2. The van der Waals surface area contributed by atoms with Crippen LogP contribution in [0, 0.1) is 29.0 Å². The quantitative estimate of drug-likeness (QED) is 0.750. The average Bonchev–Trinajstić information content (AvgIpc) is 2.48. The lowest BCUT2D eigenvalue weighted by molar-refractivity contribution is 0.624. The van der Waals surface area contributed by atoms with Gasteiger partial charge in [0.15, 0.2) is 0 Å². The van der Waals surface area contributed by atoms with Gasteiger partial charge in [0.05, 0.1) is 17.2 Å². The standard InChI is InChI=1S/C18H14FN/c1-2-3-14-4-6-15(7-5-14)8-10-17-11-9-16(13-20)12-18(17)19/h4-7,9,11-12H,2-3H2,1H3. The molecule has 0 fully saturated rings. The molecule has 0 radical (unpaired) electrons. The fourth-order valence-electron chi connectivity index (χ4n) is 1.87. The number of halogens is 1. The molecule has 0 unspecified atom stereocenters. The van der Waals surface area contributed by atoms with Crippen LogP contribution in [0.3, 0.4) is 0 Å². The minimum atomic E-state index is -0.459. The zero-order chi connectivity index (χ0) is 14.4. The van der Waals surface area contributed by atoms with Gasteiger partial charge in [0.1, 0.15) is 5.82 Å². The summed E-state index contributed by atoms with van der Waals surface area (Å²) in [4.78, 5) is 0. The fourth-order valence-corrected chi connectivity index (χ4v) is 1.87. The molecule has 2 aromatic carbocycles. The zero-order valence-electron chi connectivity index (χ0n) is 11.3. The zero-order valence-corrected chi connectivity index (χ0v) is 11.3. The number of rotatable bonds is 2. The van der Waals surface area contributed by atoms with Crippen LogP contribution in [0.15, 0.2) is 42.5 Å². The number of nitriles is 1. The van der Waals surface area contributed by atoms with Gasteiger partial charge in [-0.15, -0.1) is 0 Å². The second-order valence-electron chi connectivity index (χ2n) is 4.50. The molecule has 0 aliphatic carbocycles. The van der Waals surface area contributed by atoms with Crippen molar-refractivity contribution in [2.45, 2.75) is 19.8 Å². The van der Waals surface area contributed by atoms with Crippen LogP contribution in [-0.4, -0.2) is 0 Å². The summed E-state index contributed by atoms with van der Waals surface area (Å²) in [7, 11) is 0. The Bertz CT molecular complexity index is 697. The molecule has 0 atom stereocenters. The van der Waals surface area contributed by atoms with Gasteiger partial charge in [0.25, 0.3) is 0 Å². The molecule has 98 valence electrons. The Kier molecular flexibility index (Phi) is 4.53. The number of nitrogens with zero attached hydrogens (tertiary/aromatic N) is 1. The van der Waals surface area contributed by atoms with Crippen LogP contribution in [0.25, 0.3) is 0 Å². The Morgan fingerprint density at radius 2 is 1.70 bits per heavy atom. The lowest BCUT2D eigenvalue weighted by Gasteiger charge is -1.98. The molecule has 2 aromatic rings. The Morgan fingerprint density at radius 1 is 1.00 bits per heavy atom. The van der Waals surface area contributed by atoms with E-state index in [1.165, 1.54) is 17.7 Å². The third kappa shape index (κ3) is 3.46. The van der Waals surface area contributed by atoms with Gasteiger partial charge in [-0.05, 0) is 42.3 Å². The molecule has 0 saturated carbocycles. The summed E-state index contributed by atoms with van der Waals surface area (Å²) in [6.45, 7) is 2.14. The summed E-state index contributed by atoms with van der Waals surface area (Å²) in [6.07, 6.45) is 2.17. The highest BCUT2D eigenvalue weighted by Gasteiger charge is 2.00. The predicted molar refractivity (Wildman–Crippen MR) is 77.5 cm³/mol. The Hall–Kier alpha value is -2.58. The highest BCUT2D eigenvalue weighted by molar-refractivity contribution is 5.46. The van der Waals surface area contributed by atoms with Gasteiger partial charge in [0.2, 0.25) is 0 Å². The van der Waals surface area contributed by atoms with E-state index in [-0.39, 0.29) is 0 Å². The van der Waals surface area contributed by atoms with Crippen molar-refractivity contribution in [3.8, 4) is 17.9 Å². The van der Waals surface area contributed by atoms with E-state index in [9.17, 15) is 4.39 Å². The second-order valence-corrected chi connectivity index (χ2v) is 4.50. The summed E-state index contributed by atoms with van der Waals surface area (Å²) in [5, 5.41) is 8.68. The Labute approximate surface area is 118 Å². The topological polar surface area (TPSA) is 23.8 Å². The molecule has 0 N–H and O–H groups in total. The number of hydrogen-bond donors (Lipinski definition) is 0. The summed E-state index contributed by atoms with van der Waals surface area (Å²) >= 11 is 0. The first-order chi connectivity index (χ1) is 9.72. The van der Waals surface area contributed by atoms with Crippen LogP contribution < -0.4 is 0 Å². The first-order valence-electron chi connectivity index (χ1n) is 6.53. The van der Waals surface area contributed by atoms with Crippen molar-refractivity contribution >= 4 is 0 Å². The van der Waals surface area contributed by atoms with E-state index in [0.29, 0.717) is 11.1 Å². The maximum atomic E-state index is 13.7. The second kappa shape index (κ2) is 6.55. The van der Waals surface area contributed by atoms with E-state index in [1.54, 1.807) is 6.07 Å². The van der Waals surface area contributed by atoms with Crippen molar-refractivity contribution in [2.24, 2.45) is 0 Å². The fraction of sp³-hybridized carbons (Fsp3) is 0.167. The molecule has 0 aliphatic heterocycles. The summed E-state index contributed by atoms with van der Waals surface area (Å²) < 4.78 is 13.7. The van der Waals surface area contributed by atoms with Gasteiger partial charge >= 0.3 is 0 Å². The van der Waals surface area contributed by atoms with Gasteiger partial charge in [-0.1, -0.05) is 37.3 Å². The number of benzene rings is 2. The van der Waals surface area contributed by atoms with Crippen molar-refractivity contribution in [2.75, 3.05) is 0 Å². The smallest absolute Gasteiger partial charge is 0.140 e. The molecule has 0 aliphatic rings. The normalized spacial score (nSPS) is 9.45. The van der Waals surface area contributed by atoms with Crippen molar-refractivity contribution in [3.63, 3.8) is 0 Å². The van der Waals surface area contributed by atoms with Crippen LogP contribution >= 0.6 is 0 Å². The monoisotopic (exact) mass is 263 g/mol. The molecule has 2 heteroatoms.